The number of hydrogen-bond donors (Lipinski definition) is 2. The molecule has 1 saturated carbocycles. The Labute approximate surface area is 189 Å². The van der Waals surface area contributed by atoms with Gasteiger partial charge in [-0.1, -0.05) is 31.4 Å². The zero-order valence-electron chi connectivity index (χ0n) is 18.3. The largest absolute Gasteiger partial charge is 0.508 e. The number of benzene rings is 1. The molecule has 1 saturated heterocycles. The predicted octanol–water partition coefficient (Wildman–Crippen LogP) is 4.11. The monoisotopic (exact) mass is 471 g/mol. The fourth-order valence-electron chi connectivity index (χ4n) is 4.84. The molecule has 8 nitrogen and oxygen atoms in total. The van der Waals surface area contributed by atoms with Crippen molar-refractivity contribution in [1.29, 1.82) is 0 Å². The molecule has 4 atom stereocenters. The molecule has 1 aliphatic heterocycles. The number of rotatable bonds is 8. The summed E-state index contributed by atoms with van der Waals surface area (Å²) < 4.78 is 46.2. The average Bonchev–Trinajstić information content (AvgIpc) is 2.77. The van der Waals surface area contributed by atoms with Crippen molar-refractivity contribution in [1.82, 2.24) is 10.2 Å². The van der Waals surface area contributed by atoms with Gasteiger partial charge in [0.2, 0.25) is 12.1 Å². The molecule has 11 heteroatoms. The van der Waals surface area contributed by atoms with Gasteiger partial charge in [-0.15, -0.1) is 4.91 Å². The second-order valence-corrected chi connectivity index (χ2v) is 8.61. The van der Waals surface area contributed by atoms with Crippen LogP contribution in [0.25, 0.3) is 0 Å². The molecule has 182 valence electrons. The van der Waals surface area contributed by atoms with Crippen molar-refractivity contribution in [3.05, 3.63) is 34.7 Å². The first-order valence-electron chi connectivity index (χ1n) is 11.0. The van der Waals surface area contributed by atoms with Crippen LogP contribution in [0.4, 0.5) is 18.0 Å². The van der Waals surface area contributed by atoms with Crippen molar-refractivity contribution in [2.45, 2.75) is 69.4 Å². The number of nitrogens with zero attached hydrogens (tertiary/aromatic N) is 2. The highest BCUT2D eigenvalue weighted by Crippen LogP contribution is 2.37. The van der Waals surface area contributed by atoms with Crippen molar-refractivity contribution >= 4 is 11.9 Å². The topological polar surface area (TPSA) is 108 Å². The Morgan fingerprint density at radius 1 is 1.30 bits per heavy atom. The minimum Gasteiger partial charge on any atom is -0.508 e. The lowest BCUT2D eigenvalue weighted by atomic mass is 9.81. The number of phenolic OH excluding ortho intramolecular Hbond substituents is 1. The predicted molar refractivity (Wildman–Crippen MR) is 112 cm³/mol. The zero-order chi connectivity index (χ0) is 24.2. The number of methoxy groups -OCH3 is 1. The van der Waals surface area contributed by atoms with E-state index in [1.54, 1.807) is 12.1 Å². The highest BCUT2D eigenvalue weighted by Gasteiger charge is 2.56. The summed E-state index contributed by atoms with van der Waals surface area (Å²) in [5.41, 5.74) is 0.729. The normalized spacial score (nSPS) is 23.5. The van der Waals surface area contributed by atoms with E-state index in [1.165, 1.54) is 19.2 Å². The molecular formula is C22H28F3N3O5. The van der Waals surface area contributed by atoms with E-state index in [2.05, 4.69) is 5.18 Å². The third kappa shape index (κ3) is 5.63. The van der Waals surface area contributed by atoms with Gasteiger partial charge in [0.1, 0.15) is 17.8 Å². The quantitative estimate of drug-likeness (QED) is 0.438. The van der Waals surface area contributed by atoms with Gasteiger partial charge in [0.05, 0.1) is 5.92 Å². The van der Waals surface area contributed by atoms with Crippen LogP contribution < -0.4 is 5.32 Å². The van der Waals surface area contributed by atoms with E-state index in [4.69, 9.17) is 4.74 Å². The molecule has 0 radical (unpaired) electrons. The van der Waals surface area contributed by atoms with Crippen LogP contribution in [0.15, 0.2) is 29.4 Å². The number of aryl methyl sites for hydroxylation is 1. The summed E-state index contributed by atoms with van der Waals surface area (Å²) in [5, 5.41) is 14.4. The number of ether oxygens (including phenoxy) is 1. The Bertz CT molecular complexity index is 860. The zero-order valence-corrected chi connectivity index (χ0v) is 18.3. The Balaban J connectivity index is 1.74. The number of urea groups is 1. The van der Waals surface area contributed by atoms with Gasteiger partial charge in [0.25, 0.3) is 0 Å². The maximum absolute atomic E-state index is 13.7. The van der Waals surface area contributed by atoms with E-state index in [9.17, 15) is 32.8 Å². The van der Waals surface area contributed by atoms with Gasteiger partial charge in [0, 0.05) is 7.11 Å². The van der Waals surface area contributed by atoms with Crippen molar-refractivity contribution in [3.63, 3.8) is 0 Å². The van der Waals surface area contributed by atoms with E-state index in [0.717, 1.165) is 12.0 Å². The van der Waals surface area contributed by atoms with Gasteiger partial charge in [-0.2, -0.15) is 13.2 Å². The highest BCUT2D eigenvalue weighted by atomic mass is 19.4. The van der Waals surface area contributed by atoms with Crippen LogP contribution in [0.2, 0.25) is 0 Å². The summed E-state index contributed by atoms with van der Waals surface area (Å²) in [4.78, 5) is 37.5. The number of aromatic hydroxyl groups is 1. The second kappa shape index (κ2) is 10.5. The number of amides is 3. The number of likely N-dealkylation sites (tertiary alicyclic amines) is 1. The number of imide groups is 1. The number of β-lactam (4-membered cyclic amide) rings is 1. The number of carbonyl (C=O) groups is 2. The fraction of sp³-hybridized carbons (Fsp3) is 0.636. The molecule has 3 amide bonds. The lowest BCUT2D eigenvalue weighted by Crippen LogP contribution is -2.70. The first kappa shape index (κ1) is 24.9. The van der Waals surface area contributed by atoms with Crippen molar-refractivity contribution in [3.8, 4) is 5.75 Å². The van der Waals surface area contributed by atoms with Gasteiger partial charge in [0.15, 0.2) is 0 Å². The Morgan fingerprint density at radius 3 is 2.58 bits per heavy atom. The number of nitrogens with one attached hydrogen (secondary N) is 1. The SMILES string of the molecule is COC(N=O)C1[C@@H](CCc2cccc(O)c2)C(=O)N1C(=O)N[C@@H](C1CCCCC1)C(F)(F)F. The van der Waals surface area contributed by atoms with Crippen LogP contribution in [0.1, 0.15) is 44.1 Å². The van der Waals surface area contributed by atoms with Gasteiger partial charge in [-0.05, 0) is 54.5 Å². The van der Waals surface area contributed by atoms with E-state index in [0.29, 0.717) is 37.0 Å². The highest BCUT2D eigenvalue weighted by molar-refractivity contribution is 6.01. The summed E-state index contributed by atoms with van der Waals surface area (Å²) in [6.07, 6.45) is -2.69. The number of phenols is 1. The standard InChI is InChI=1S/C22H28F3N3O5/c1-33-19(27-32)17-16(11-10-13-6-5-9-15(29)12-13)20(30)28(17)21(31)26-18(22(23,24)25)14-7-3-2-4-8-14/h5-6,9,12,14,16-19,29H,2-4,7-8,10-11H2,1H3,(H,26,31)/t16-,17?,18+,19?/m1/s1. The Morgan fingerprint density at radius 2 is 2.00 bits per heavy atom. The molecule has 33 heavy (non-hydrogen) atoms. The number of nitroso groups, excluding NO2 is 1. The molecule has 2 aliphatic rings. The van der Waals surface area contributed by atoms with Crippen LogP contribution in [-0.4, -0.2) is 53.5 Å². The summed E-state index contributed by atoms with van der Waals surface area (Å²) in [7, 11) is 1.18. The van der Waals surface area contributed by atoms with E-state index < -0.39 is 48.3 Å². The van der Waals surface area contributed by atoms with Crippen molar-refractivity contribution in [2.24, 2.45) is 17.0 Å². The summed E-state index contributed by atoms with van der Waals surface area (Å²) in [6, 6.07) is 2.01. The van der Waals surface area contributed by atoms with Crippen molar-refractivity contribution < 1.29 is 32.6 Å². The summed E-state index contributed by atoms with van der Waals surface area (Å²) in [5.74, 6) is -2.23. The molecule has 1 aromatic rings. The summed E-state index contributed by atoms with van der Waals surface area (Å²) >= 11 is 0. The lowest BCUT2D eigenvalue weighted by Gasteiger charge is -2.47. The minimum absolute atomic E-state index is 0.0511. The Kier molecular flexibility index (Phi) is 7.93. The number of hydrogen-bond acceptors (Lipinski definition) is 6. The molecule has 2 unspecified atom stereocenters. The second-order valence-electron chi connectivity index (χ2n) is 8.61. The number of halogens is 3. The lowest BCUT2D eigenvalue weighted by molar-refractivity contribution is -0.172. The molecule has 1 aromatic carbocycles. The van der Waals surface area contributed by atoms with E-state index >= 15 is 0 Å². The molecule has 0 aromatic heterocycles. The summed E-state index contributed by atoms with van der Waals surface area (Å²) in [6.45, 7) is 0. The van der Waals surface area contributed by atoms with Gasteiger partial charge >= 0.3 is 12.2 Å². The van der Waals surface area contributed by atoms with Crippen LogP contribution in [0, 0.1) is 16.7 Å². The maximum atomic E-state index is 13.7. The number of carbonyl (C=O) groups excluding carboxylic acids is 2. The smallest absolute Gasteiger partial charge is 0.408 e. The first-order valence-corrected chi connectivity index (χ1v) is 11.0. The van der Waals surface area contributed by atoms with Gasteiger partial charge in [-0.3, -0.25) is 9.69 Å². The van der Waals surface area contributed by atoms with Crippen LogP contribution in [0.5, 0.6) is 5.75 Å². The average molecular weight is 471 g/mol. The van der Waals surface area contributed by atoms with E-state index in [1.807, 2.05) is 5.32 Å². The third-order valence-electron chi connectivity index (χ3n) is 6.53. The molecule has 0 spiro atoms. The fourth-order valence-corrected chi connectivity index (χ4v) is 4.84. The Hall–Kier alpha value is -2.69. The molecule has 1 aliphatic carbocycles. The third-order valence-corrected chi connectivity index (χ3v) is 6.53. The molecule has 3 rings (SSSR count). The van der Waals surface area contributed by atoms with Crippen LogP contribution in [-0.2, 0) is 16.0 Å². The molecular weight excluding hydrogens is 443 g/mol. The van der Waals surface area contributed by atoms with Gasteiger partial charge in [-0.25, -0.2) is 4.79 Å². The van der Waals surface area contributed by atoms with Crippen LogP contribution >= 0.6 is 0 Å². The van der Waals surface area contributed by atoms with E-state index in [-0.39, 0.29) is 12.2 Å². The first-order chi connectivity index (χ1) is 15.7. The van der Waals surface area contributed by atoms with Crippen LogP contribution in [0.3, 0.4) is 0 Å². The molecule has 2 fully saturated rings. The molecule has 0 bridgehead atoms. The molecule has 2 N–H and O–H groups in total. The van der Waals surface area contributed by atoms with Gasteiger partial charge < -0.3 is 15.2 Å². The molecule has 1 heterocycles. The van der Waals surface area contributed by atoms with Crippen molar-refractivity contribution in [2.75, 3.05) is 7.11 Å². The number of alkyl halides is 3. The maximum Gasteiger partial charge on any atom is 0.408 e. The minimum atomic E-state index is -4.67.